The molecule has 0 aliphatic heterocycles. The van der Waals surface area contributed by atoms with Gasteiger partial charge < -0.3 is 19.5 Å². The SMILES string of the molecule is COC(=O)CCN(C(=O)CCOc1ccccc1)C(C)(C)CO. The van der Waals surface area contributed by atoms with E-state index in [1.165, 1.54) is 12.0 Å². The van der Waals surface area contributed by atoms with Crippen LogP contribution >= 0.6 is 0 Å². The van der Waals surface area contributed by atoms with Crippen LogP contribution in [0.25, 0.3) is 0 Å². The first-order chi connectivity index (χ1) is 10.9. The summed E-state index contributed by atoms with van der Waals surface area (Å²) in [4.78, 5) is 25.2. The van der Waals surface area contributed by atoms with Crippen LogP contribution in [-0.2, 0) is 14.3 Å². The predicted octanol–water partition coefficient (Wildman–Crippen LogP) is 1.62. The molecule has 0 aliphatic rings. The molecule has 1 amide bonds. The van der Waals surface area contributed by atoms with Crippen LogP contribution < -0.4 is 4.74 Å². The zero-order valence-corrected chi connectivity index (χ0v) is 13.9. The topological polar surface area (TPSA) is 76.1 Å². The highest BCUT2D eigenvalue weighted by molar-refractivity contribution is 5.78. The monoisotopic (exact) mass is 323 g/mol. The number of aliphatic hydroxyl groups is 1. The summed E-state index contributed by atoms with van der Waals surface area (Å²) < 4.78 is 10.1. The number of ether oxygens (including phenoxy) is 2. The summed E-state index contributed by atoms with van der Waals surface area (Å²) in [6.07, 6.45) is 0.255. The number of carbonyl (C=O) groups excluding carboxylic acids is 2. The van der Waals surface area contributed by atoms with Crippen LogP contribution in [0, 0.1) is 0 Å². The number of benzene rings is 1. The van der Waals surface area contributed by atoms with Gasteiger partial charge >= 0.3 is 5.97 Å². The van der Waals surface area contributed by atoms with Gasteiger partial charge in [0.05, 0.1) is 38.7 Å². The quantitative estimate of drug-likeness (QED) is 0.699. The molecule has 0 aliphatic carbocycles. The van der Waals surface area contributed by atoms with E-state index in [0.29, 0.717) is 5.75 Å². The van der Waals surface area contributed by atoms with E-state index in [2.05, 4.69) is 4.74 Å². The Balaban J connectivity index is 2.58. The van der Waals surface area contributed by atoms with Gasteiger partial charge in [-0.3, -0.25) is 9.59 Å². The summed E-state index contributed by atoms with van der Waals surface area (Å²) in [5.74, 6) is 0.129. The van der Waals surface area contributed by atoms with Gasteiger partial charge in [0.1, 0.15) is 5.75 Å². The molecule has 23 heavy (non-hydrogen) atoms. The second-order valence-electron chi connectivity index (χ2n) is 5.75. The standard InChI is InChI=1S/C17H25NO5/c1-17(2,13-19)18(11-9-16(21)22-3)15(20)10-12-23-14-7-5-4-6-8-14/h4-8,19H,9-13H2,1-3H3. The van der Waals surface area contributed by atoms with Crippen LogP contribution in [0.15, 0.2) is 30.3 Å². The number of amides is 1. The Kier molecular flexibility index (Phi) is 7.54. The molecule has 6 nitrogen and oxygen atoms in total. The van der Waals surface area contributed by atoms with Gasteiger partial charge in [0.25, 0.3) is 0 Å². The van der Waals surface area contributed by atoms with Gasteiger partial charge in [0.15, 0.2) is 0 Å². The Morgan fingerprint density at radius 2 is 1.83 bits per heavy atom. The third kappa shape index (κ3) is 6.28. The van der Waals surface area contributed by atoms with Crippen molar-refractivity contribution in [3.63, 3.8) is 0 Å². The number of carbonyl (C=O) groups is 2. The van der Waals surface area contributed by atoms with Crippen LogP contribution in [-0.4, -0.2) is 54.3 Å². The summed E-state index contributed by atoms with van der Waals surface area (Å²) in [6.45, 7) is 3.74. The molecule has 1 rings (SSSR count). The Labute approximate surface area is 137 Å². The third-order valence-corrected chi connectivity index (χ3v) is 3.51. The highest BCUT2D eigenvalue weighted by Gasteiger charge is 2.30. The number of aliphatic hydroxyl groups excluding tert-OH is 1. The fourth-order valence-corrected chi connectivity index (χ4v) is 2.06. The fraction of sp³-hybridized carbons (Fsp3) is 0.529. The van der Waals surface area contributed by atoms with E-state index in [0.717, 1.165) is 0 Å². The molecule has 0 aromatic heterocycles. The molecule has 0 atom stereocenters. The van der Waals surface area contributed by atoms with Gasteiger partial charge in [-0.05, 0) is 26.0 Å². The highest BCUT2D eigenvalue weighted by Crippen LogP contribution is 2.16. The summed E-state index contributed by atoms with van der Waals surface area (Å²) in [5, 5.41) is 9.50. The number of rotatable bonds is 9. The molecule has 0 bridgehead atoms. The zero-order chi connectivity index (χ0) is 17.3. The molecular weight excluding hydrogens is 298 g/mol. The molecule has 0 saturated carbocycles. The molecule has 128 valence electrons. The lowest BCUT2D eigenvalue weighted by Gasteiger charge is -2.37. The average Bonchev–Trinajstić information content (AvgIpc) is 2.55. The van der Waals surface area contributed by atoms with E-state index in [1.807, 2.05) is 30.3 Å². The van der Waals surface area contributed by atoms with Crippen molar-refractivity contribution in [2.45, 2.75) is 32.2 Å². The normalized spacial score (nSPS) is 11.0. The minimum atomic E-state index is -0.752. The molecule has 0 saturated heterocycles. The fourth-order valence-electron chi connectivity index (χ4n) is 2.06. The van der Waals surface area contributed by atoms with Crippen molar-refractivity contribution in [3.05, 3.63) is 30.3 Å². The van der Waals surface area contributed by atoms with E-state index in [1.54, 1.807) is 13.8 Å². The summed E-state index contributed by atoms with van der Waals surface area (Å²) in [7, 11) is 1.30. The van der Waals surface area contributed by atoms with Gasteiger partial charge in [-0.25, -0.2) is 0 Å². The first-order valence-electron chi connectivity index (χ1n) is 7.56. The van der Waals surface area contributed by atoms with Gasteiger partial charge in [0.2, 0.25) is 5.91 Å². The molecule has 1 aromatic carbocycles. The zero-order valence-electron chi connectivity index (χ0n) is 13.9. The maximum absolute atomic E-state index is 12.4. The van der Waals surface area contributed by atoms with Gasteiger partial charge in [-0.2, -0.15) is 0 Å². The first-order valence-corrected chi connectivity index (χ1v) is 7.56. The van der Waals surface area contributed by atoms with E-state index in [-0.39, 0.29) is 38.5 Å². The first kappa shape index (κ1) is 19.0. The molecule has 6 heteroatoms. The molecule has 0 heterocycles. The van der Waals surface area contributed by atoms with E-state index >= 15 is 0 Å². The summed E-state index contributed by atoms with van der Waals surface area (Å²) >= 11 is 0. The number of esters is 1. The minimum absolute atomic E-state index is 0.0885. The number of hydrogen-bond acceptors (Lipinski definition) is 5. The van der Waals surface area contributed by atoms with Gasteiger partial charge in [0, 0.05) is 6.54 Å². The average molecular weight is 323 g/mol. The van der Waals surface area contributed by atoms with E-state index in [4.69, 9.17) is 4.74 Å². The maximum Gasteiger partial charge on any atom is 0.307 e. The molecular formula is C17H25NO5. The van der Waals surface area contributed by atoms with Crippen molar-refractivity contribution in [2.75, 3.05) is 26.9 Å². The maximum atomic E-state index is 12.4. The van der Waals surface area contributed by atoms with Gasteiger partial charge in [-0.1, -0.05) is 18.2 Å². The van der Waals surface area contributed by atoms with Crippen molar-refractivity contribution < 1.29 is 24.2 Å². The van der Waals surface area contributed by atoms with Crippen molar-refractivity contribution in [1.82, 2.24) is 4.90 Å². The molecule has 0 unspecified atom stereocenters. The Morgan fingerprint density at radius 3 is 2.39 bits per heavy atom. The Hall–Kier alpha value is -2.08. The number of hydrogen-bond donors (Lipinski definition) is 1. The van der Waals surface area contributed by atoms with E-state index < -0.39 is 11.5 Å². The van der Waals surface area contributed by atoms with Crippen molar-refractivity contribution in [3.8, 4) is 5.75 Å². The van der Waals surface area contributed by atoms with Gasteiger partial charge in [-0.15, -0.1) is 0 Å². The number of nitrogens with zero attached hydrogens (tertiary/aromatic N) is 1. The second kappa shape index (κ2) is 9.15. The van der Waals surface area contributed by atoms with Crippen molar-refractivity contribution in [1.29, 1.82) is 0 Å². The second-order valence-corrected chi connectivity index (χ2v) is 5.75. The third-order valence-electron chi connectivity index (χ3n) is 3.51. The molecule has 1 N–H and O–H groups in total. The lowest BCUT2D eigenvalue weighted by molar-refractivity contribution is -0.144. The van der Waals surface area contributed by atoms with Crippen molar-refractivity contribution >= 4 is 11.9 Å². The lowest BCUT2D eigenvalue weighted by Crippen LogP contribution is -2.51. The van der Waals surface area contributed by atoms with Crippen LogP contribution in [0.1, 0.15) is 26.7 Å². The van der Waals surface area contributed by atoms with E-state index in [9.17, 15) is 14.7 Å². The number of para-hydroxylation sites is 1. The number of methoxy groups -OCH3 is 1. The van der Waals surface area contributed by atoms with Crippen LogP contribution in [0.3, 0.4) is 0 Å². The van der Waals surface area contributed by atoms with Crippen molar-refractivity contribution in [2.24, 2.45) is 0 Å². The molecule has 0 radical (unpaired) electrons. The van der Waals surface area contributed by atoms with Crippen LogP contribution in [0.2, 0.25) is 0 Å². The molecule has 0 spiro atoms. The van der Waals surface area contributed by atoms with Crippen LogP contribution in [0.4, 0.5) is 0 Å². The van der Waals surface area contributed by atoms with Crippen LogP contribution in [0.5, 0.6) is 5.75 Å². The molecule has 0 fully saturated rings. The summed E-state index contributed by atoms with van der Waals surface area (Å²) in [5.41, 5.74) is -0.752. The largest absolute Gasteiger partial charge is 0.493 e. The predicted molar refractivity (Wildman–Crippen MR) is 86.1 cm³/mol. The summed E-state index contributed by atoms with van der Waals surface area (Å²) in [6, 6.07) is 9.23. The minimum Gasteiger partial charge on any atom is -0.493 e. The highest BCUT2D eigenvalue weighted by atomic mass is 16.5. The Morgan fingerprint density at radius 1 is 1.17 bits per heavy atom. The molecule has 1 aromatic rings. The lowest BCUT2D eigenvalue weighted by atomic mass is 10.0. The Bertz CT molecular complexity index is 501. The smallest absolute Gasteiger partial charge is 0.307 e.